The quantitative estimate of drug-likeness (QED) is 0.649. The van der Waals surface area contributed by atoms with Gasteiger partial charge >= 0.3 is 6.03 Å². The van der Waals surface area contributed by atoms with Gasteiger partial charge in [-0.25, -0.2) is 18.1 Å². The van der Waals surface area contributed by atoms with Crippen LogP contribution in [0.25, 0.3) is 0 Å². The number of rotatable bonds is 4. The molecular weight excluding hydrogens is 446 g/mol. The van der Waals surface area contributed by atoms with Gasteiger partial charge in [0.25, 0.3) is 11.8 Å². The van der Waals surface area contributed by atoms with Crippen LogP contribution in [0.5, 0.6) is 0 Å². The molecule has 162 valence electrons. The molecular formula is C19H18ClN5O5S. The molecule has 0 bridgehead atoms. The van der Waals surface area contributed by atoms with E-state index in [1.54, 1.807) is 18.2 Å². The van der Waals surface area contributed by atoms with Crippen molar-refractivity contribution < 1.29 is 22.8 Å². The number of sulfone groups is 1. The summed E-state index contributed by atoms with van der Waals surface area (Å²) < 4.78 is 24.2. The Labute approximate surface area is 183 Å². The summed E-state index contributed by atoms with van der Waals surface area (Å²) in [5.41, 5.74) is 0.662. The van der Waals surface area contributed by atoms with E-state index in [1.807, 2.05) is 0 Å². The number of halogens is 1. The van der Waals surface area contributed by atoms with Crippen molar-refractivity contribution in [2.75, 3.05) is 29.6 Å². The number of piperazine rings is 1. The van der Waals surface area contributed by atoms with Gasteiger partial charge in [-0.15, -0.1) is 0 Å². The number of amides is 4. The summed E-state index contributed by atoms with van der Waals surface area (Å²) in [6.45, 7) is 0.178. The molecule has 1 aromatic carbocycles. The fourth-order valence-electron chi connectivity index (χ4n) is 3.60. The van der Waals surface area contributed by atoms with Crippen molar-refractivity contribution >= 4 is 50.7 Å². The number of carbonyl (C=O) groups is 3. The molecule has 2 fully saturated rings. The van der Waals surface area contributed by atoms with Gasteiger partial charge in [0.05, 0.1) is 10.7 Å². The first-order chi connectivity index (χ1) is 14.7. The molecule has 2 aromatic rings. The second-order valence-corrected chi connectivity index (χ2v) is 9.77. The number of hydrogen-bond donors (Lipinski definition) is 2. The van der Waals surface area contributed by atoms with Gasteiger partial charge in [-0.3, -0.25) is 19.5 Å². The third kappa shape index (κ3) is 3.87. The summed E-state index contributed by atoms with van der Waals surface area (Å²) >= 11 is 6.33. The Hall–Kier alpha value is -3.02. The second-order valence-electron chi connectivity index (χ2n) is 7.16. The van der Waals surface area contributed by atoms with E-state index in [2.05, 4.69) is 15.6 Å². The highest BCUT2D eigenvalue weighted by Crippen LogP contribution is 2.35. The molecule has 4 rings (SSSR count). The van der Waals surface area contributed by atoms with E-state index in [0.29, 0.717) is 5.69 Å². The lowest BCUT2D eigenvalue weighted by Gasteiger charge is -2.34. The van der Waals surface area contributed by atoms with Crippen LogP contribution in [0.1, 0.15) is 10.5 Å². The van der Waals surface area contributed by atoms with E-state index < -0.39 is 39.1 Å². The number of pyridine rings is 1. The van der Waals surface area contributed by atoms with Gasteiger partial charge in [-0.1, -0.05) is 17.7 Å². The number of imide groups is 1. The van der Waals surface area contributed by atoms with Crippen LogP contribution in [0.4, 0.5) is 16.2 Å². The topological polar surface area (TPSA) is 129 Å². The average molecular weight is 464 g/mol. The highest BCUT2D eigenvalue weighted by molar-refractivity contribution is 7.91. The fourth-order valence-corrected chi connectivity index (χ4v) is 4.94. The third-order valence-electron chi connectivity index (χ3n) is 5.06. The lowest BCUT2D eigenvalue weighted by molar-refractivity contribution is -0.120. The van der Waals surface area contributed by atoms with Crippen LogP contribution in [0.15, 0.2) is 42.6 Å². The van der Waals surface area contributed by atoms with E-state index in [9.17, 15) is 22.8 Å². The van der Waals surface area contributed by atoms with E-state index >= 15 is 0 Å². The summed E-state index contributed by atoms with van der Waals surface area (Å²) in [7, 11) is -3.62. The first kappa shape index (κ1) is 21.2. The predicted octanol–water partition coefficient (Wildman–Crippen LogP) is 1.10. The number of aromatic nitrogens is 1. The lowest BCUT2D eigenvalue weighted by atomic mass is 10.2. The Balaban J connectivity index is 1.60. The lowest BCUT2D eigenvalue weighted by Crippen LogP contribution is -2.59. The van der Waals surface area contributed by atoms with Crippen LogP contribution < -0.4 is 15.5 Å². The molecule has 1 aromatic heterocycles. The summed E-state index contributed by atoms with van der Waals surface area (Å²) in [5, 5.41) is 4.43. The summed E-state index contributed by atoms with van der Waals surface area (Å²) in [4.78, 5) is 44.1. The van der Waals surface area contributed by atoms with Crippen LogP contribution >= 0.6 is 11.6 Å². The molecule has 2 aliphatic heterocycles. The van der Waals surface area contributed by atoms with Gasteiger partial charge in [-0.05, 0) is 30.3 Å². The maximum absolute atomic E-state index is 13.0. The first-order valence-electron chi connectivity index (χ1n) is 9.26. The number of carbonyl (C=O) groups excluding carboxylic acids is 3. The van der Waals surface area contributed by atoms with Crippen LogP contribution in [0.2, 0.25) is 5.02 Å². The van der Waals surface area contributed by atoms with Gasteiger partial charge in [0.15, 0.2) is 9.84 Å². The fraction of sp³-hybridized carbons (Fsp3) is 0.263. The van der Waals surface area contributed by atoms with E-state index in [1.165, 1.54) is 24.4 Å². The Morgan fingerprint density at radius 1 is 1.23 bits per heavy atom. The zero-order valence-electron chi connectivity index (χ0n) is 16.3. The Morgan fingerprint density at radius 2 is 2.00 bits per heavy atom. The Morgan fingerprint density at radius 3 is 2.65 bits per heavy atom. The molecule has 3 heterocycles. The van der Waals surface area contributed by atoms with E-state index in [-0.39, 0.29) is 29.5 Å². The minimum absolute atomic E-state index is 0.0361. The van der Waals surface area contributed by atoms with E-state index in [4.69, 9.17) is 11.6 Å². The second kappa shape index (κ2) is 7.91. The highest BCUT2D eigenvalue weighted by atomic mass is 35.5. The van der Waals surface area contributed by atoms with Crippen molar-refractivity contribution in [1.82, 2.24) is 15.2 Å². The number of nitrogens with zero attached hydrogens (tertiary/aromatic N) is 3. The standard InChI is InChI=1S/C19H18ClN5O5S/c1-31(29,30)16-10-21-9-15-18(27)25(19(28)24(15)16)14-6-5-11(8-12(14)20)23-17(26)13-4-2-3-7-22-13/h2-8,15-16,21H,9-10H2,1H3,(H,23,26). The van der Waals surface area contributed by atoms with Crippen LogP contribution in [-0.2, 0) is 14.6 Å². The van der Waals surface area contributed by atoms with Crippen molar-refractivity contribution in [3.05, 3.63) is 53.3 Å². The van der Waals surface area contributed by atoms with Crippen LogP contribution in [0, 0.1) is 0 Å². The SMILES string of the molecule is CS(=O)(=O)C1CNCC2C(=O)N(c3ccc(NC(=O)c4ccccn4)cc3Cl)C(=O)N21. The minimum Gasteiger partial charge on any atom is -0.321 e. The molecule has 4 amide bonds. The van der Waals surface area contributed by atoms with Gasteiger partial charge in [0, 0.05) is 31.2 Å². The summed E-state index contributed by atoms with van der Waals surface area (Å²) in [6, 6.07) is 7.54. The van der Waals surface area contributed by atoms with Crippen molar-refractivity contribution in [2.45, 2.75) is 11.4 Å². The van der Waals surface area contributed by atoms with E-state index in [0.717, 1.165) is 16.1 Å². The smallest absolute Gasteiger partial charge is 0.321 e. The molecule has 0 radical (unpaired) electrons. The van der Waals surface area contributed by atoms with Gasteiger partial charge in [0.2, 0.25) is 0 Å². The zero-order chi connectivity index (χ0) is 22.3. The van der Waals surface area contributed by atoms with Crippen molar-refractivity contribution in [3.63, 3.8) is 0 Å². The molecule has 2 atom stereocenters. The predicted molar refractivity (Wildman–Crippen MR) is 114 cm³/mol. The van der Waals surface area contributed by atoms with Gasteiger partial charge < -0.3 is 10.6 Å². The van der Waals surface area contributed by atoms with Gasteiger partial charge in [0.1, 0.15) is 17.1 Å². The average Bonchev–Trinajstić information content (AvgIpc) is 2.99. The highest BCUT2D eigenvalue weighted by Gasteiger charge is 2.53. The largest absolute Gasteiger partial charge is 0.333 e. The monoisotopic (exact) mass is 463 g/mol. The first-order valence-corrected chi connectivity index (χ1v) is 11.6. The maximum atomic E-state index is 13.0. The van der Waals surface area contributed by atoms with Gasteiger partial charge in [-0.2, -0.15) is 0 Å². The molecule has 0 saturated carbocycles. The number of urea groups is 1. The summed E-state index contributed by atoms with van der Waals surface area (Å²) in [6.07, 6.45) is 2.51. The number of fused-ring (bicyclic) bond motifs is 1. The van der Waals surface area contributed by atoms with Crippen molar-refractivity contribution in [3.8, 4) is 0 Å². The number of benzene rings is 1. The number of hydrogen-bond acceptors (Lipinski definition) is 7. The summed E-state index contributed by atoms with van der Waals surface area (Å²) in [5.74, 6) is -1.02. The molecule has 2 aliphatic rings. The third-order valence-corrected chi connectivity index (χ3v) is 6.74. The molecule has 31 heavy (non-hydrogen) atoms. The molecule has 10 nitrogen and oxygen atoms in total. The zero-order valence-corrected chi connectivity index (χ0v) is 17.9. The molecule has 12 heteroatoms. The molecule has 2 saturated heterocycles. The van der Waals surface area contributed by atoms with Crippen LogP contribution in [0.3, 0.4) is 0 Å². The maximum Gasteiger partial charge on any atom is 0.333 e. The molecule has 0 spiro atoms. The van der Waals surface area contributed by atoms with Crippen molar-refractivity contribution in [1.29, 1.82) is 0 Å². The van der Waals surface area contributed by atoms with Crippen LogP contribution in [-0.4, -0.2) is 66.9 Å². The Kier molecular flexibility index (Phi) is 5.42. The minimum atomic E-state index is -3.62. The molecule has 0 aliphatic carbocycles. The normalized spacial score (nSPS) is 21.2. The Bertz CT molecular complexity index is 1170. The molecule has 2 N–H and O–H groups in total. The number of anilines is 2. The molecule has 2 unspecified atom stereocenters. The van der Waals surface area contributed by atoms with Crippen molar-refractivity contribution in [2.24, 2.45) is 0 Å². The number of nitrogens with one attached hydrogen (secondary N) is 2.